The van der Waals surface area contributed by atoms with Crippen LogP contribution in [0.25, 0.3) is 0 Å². The van der Waals surface area contributed by atoms with Gasteiger partial charge < -0.3 is 10.1 Å². The third-order valence-electron chi connectivity index (χ3n) is 3.32. The minimum Gasteiger partial charge on any atom is -0.379 e. The monoisotopic (exact) mass is 345 g/mol. The summed E-state index contributed by atoms with van der Waals surface area (Å²) in [7, 11) is 1.69. The Morgan fingerprint density at radius 2 is 2.00 bits per heavy atom. The molecule has 0 heterocycles. The molecule has 114 valence electrons. The van der Waals surface area contributed by atoms with Crippen LogP contribution < -0.4 is 5.32 Å². The maximum atomic E-state index is 14.2. The van der Waals surface area contributed by atoms with Gasteiger partial charge in [-0.2, -0.15) is 0 Å². The van der Waals surface area contributed by atoms with Gasteiger partial charge in [0.1, 0.15) is 5.82 Å². The number of halogens is 2. The highest BCUT2D eigenvalue weighted by Crippen LogP contribution is 2.34. The second-order valence-corrected chi connectivity index (χ2v) is 7.04. The molecule has 2 unspecified atom stereocenters. The quantitative estimate of drug-likeness (QED) is 0.807. The van der Waals surface area contributed by atoms with Gasteiger partial charge in [-0.1, -0.05) is 43.6 Å². The molecule has 0 bridgehead atoms. The van der Waals surface area contributed by atoms with Gasteiger partial charge in [0.05, 0.1) is 12.1 Å². The number of hydrogen-bond acceptors (Lipinski definition) is 2. The number of benzene rings is 1. The Morgan fingerprint density at radius 3 is 2.50 bits per heavy atom. The van der Waals surface area contributed by atoms with Crippen LogP contribution in [0, 0.1) is 11.2 Å². The van der Waals surface area contributed by atoms with E-state index in [1.807, 2.05) is 6.07 Å². The number of rotatable bonds is 6. The second-order valence-electron chi connectivity index (χ2n) is 6.12. The summed E-state index contributed by atoms with van der Waals surface area (Å²) < 4.78 is 20.8. The van der Waals surface area contributed by atoms with E-state index in [1.165, 1.54) is 6.07 Å². The predicted octanol–water partition coefficient (Wildman–Crippen LogP) is 4.69. The van der Waals surface area contributed by atoms with Crippen molar-refractivity contribution in [1.29, 1.82) is 0 Å². The van der Waals surface area contributed by atoms with Crippen LogP contribution in [0.15, 0.2) is 22.7 Å². The second kappa shape index (κ2) is 7.53. The van der Waals surface area contributed by atoms with Gasteiger partial charge in [-0.25, -0.2) is 4.39 Å². The SMILES string of the molecule is CCCNC(c1cc(Br)ccc1F)C(OC)C(C)(C)C. The molecule has 0 saturated carbocycles. The Labute approximate surface area is 130 Å². The van der Waals surface area contributed by atoms with Crippen molar-refractivity contribution in [1.82, 2.24) is 5.32 Å². The van der Waals surface area contributed by atoms with Crippen LogP contribution in [0.3, 0.4) is 0 Å². The summed E-state index contributed by atoms with van der Waals surface area (Å²) in [4.78, 5) is 0. The van der Waals surface area contributed by atoms with Crippen LogP contribution in [0.4, 0.5) is 4.39 Å². The van der Waals surface area contributed by atoms with Crippen LogP contribution in [0.5, 0.6) is 0 Å². The zero-order valence-corrected chi connectivity index (χ0v) is 14.6. The van der Waals surface area contributed by atoms with Crippen LogP contribution in [-0.2, 0) is 4.74 Å². The molecule has 4 heteroatoms. The third-order valence-corrected chi connectivity index (χ3v) is 3.81. The van der Waals surface area contributed by atoms with E-state index in [9.17, 15) is 4.39 Å². The van der Waals surface area contributed by atoms with E-state index in [4.69, 9.17) is 4.74 Å². The summed E-state index contributed by atoms with van der Waals surface area (Å²) in [6.45, 7) is 9.25. The van der Waals surface area contributed by atoms with E-state index in [1.54, 1.807) is 13.2 Å². The van der Waals surface area contributed by atoms with E-state index >= 15 is 0 Å². The fraction of sp³-hybridized carbons (Fsp3) is 0.625. The lowest BCUT2D eigenvalue weighted by molar-refractivity contribution is -0.0127. The van der Waals surface area contributed by atoms with Crippen LogP contribution in [-0.4, -0.2) is 19.8 Å². The van der Waals surface area contributed by atoms with E-state index in [0.717, 1.165) is 17.4 Å². The van der Waals surface area contributed by atoms with E-state index in [0.29, 0.717) is 5.56 Å². The molecule has 1 aromatic rings. The highest BCUT2D eigenvalue weighted by molar-refractivity contribution is 9.10. The molecule has 0 fully saturated rings. The molecule has 2 atom stereocenters. The van der Waals surface area contributed by atoms with E-state index in [2.05, 4.69) is 48.9 Å². The van der Waals surface area contributed by atoms with Crippen molar-refractivity contribution in [2.75, 3.05) is 13.7 Å². The van der Waals surface area contributed by atoms with Crippen molar-refractivity contribution in [3.8, 4) is 0 Å². The van der Waals surface area contributed by atoms with Crippen molar-refractivity contribution in [3.63, 3.8) is 0 Å². The Balaban J connectivity index is 3.19. The lowest BCUT2D eigenvalue weighted by Gasteiger charge is -2.37. The summed E-state index contributed by atoms with van der Waals surface area (Å²) >= 11 is 3.42. The van der Waals surface area contributed by atoms with Crippen LogP contribution >= 0.6 is 15.9 Å². The molecule has 1 rings (SSSR count). The molecule has 2 nitrogen and oxygen atoms in total. The molecule has 0 spiro atoms. The van der Waals surface area contributed by atoms with E-state index < -0.39 is 0 Å². The zero-order chi connectivity index (χ0) is 15.3. The molecule has 0 saturated heterocycles. The topological polar surface area (TPSA) is 21.3 Å². The van der Waals surface area contributed by atoms with Crippen LogP contribution in [0.1, 0.15) is 45.7 Å². The average molecular weight is 346 g/mol. The summed E-state index contributed by atoms with van der Waals surface area (Å²) in [5.41, 5.74) is 0.559. The number of hydrogen-bond donors (Lipinski definition) is 1. The minimum absolute atomic E-state index is 0.0884. The average Bonchev–Trinajstić information content (AvgIpc) is 2.36. The molecule has 0 amide bonds. The first-order chi connectivity index (χ1) is 9.31. The largest absolute Gasteiger partial charge is 0.379 e. The molecule has 0 radical (unpaired) electrons. The molecule has 0 aromatic heterocycles. The summed E-state index contributed by atoms with van der Waals surface area (Å²) in [6.07, 6.45) is 0.880. The molecule has 20 heavy (non-hydrogen) atoms. The van der Waals surface area contributed by atoms with Gasteiger partial charge in [0.2, 0.25) is 0 Å². The number of methoxy groups -OCH3 is 1. The van der Waals surface area contributed by atoms with Gasteiger partial charge in [-0.05, 0) is 36.6 Å². The molecule has 1 aromatic carbocycles. The molecular formula is C16H25BrFNO. The number of nitrogens with one attached hydrogen (secondary N) is 1. The van der Waals surface area contributed by atoms with E-state index in [-0.39, 0.29) is 23.4 Å². The Morgan fingerprint density at radius 1 is 1.35 bits per heavy atom. The van der Waals surface area contributed by atoms with Gasteiger partial charge in [0.25, 0.3) is 0 Å². The highest BCUT2D eigenvalue weighted by atomic mass is 79.9. The number of ether oxygens (including phenoxy) is 1. The van der Waals surface area contributed by atoms with Crippen molar-refractivity contribution in [2.24, 2.45) is 5.41 Å². The molecule has 1 N–H and O–H groups in total. The standard InChI is InChI=1S/C16H25BrFNO/c1-6-9-19-14(15(20-5)16(2,3)4)12-10-11(17)7-8-13(12)18/h7-8,10,14-15,19H,6,9H2,1-5H3. The summed E-state index contributed by atoms with van der Waals surface area (Å²) in [5.74, 6) is -0.201. The summed E-state index contributed by atoms with van der Waals surface area (Å²) in [5, 5.41) is 3.43. The zero-order valence-electron chi connectivity index (χ0n) is 13.0. The van der Waals surface area contributed by atoms with Gasteiger partial charge in [0, 0.05) is 17.1 Å². The summed E-state index contributed by atoms with van der Waals surface area (Å²) in [6, 6.07) is 4.88. The first-order valence-corrected chi connectivity index (χ1v) is 7.81. The Hall–Kier alpha value is -0.450. The molecule has 0 aliphatic heterocycles. The maximum absolute atomic E-state index is 14.2. The van der Waals surface area contributed by atoms with Crippen molar-refractivity contribution >= 4 is 15.9 Å². The van der Waals surface area contributed by atoms with Gasteiger partial charge in [-0.3, -0.25) is 0 Å². The Kier molecular flexibility index (Phi) is 6.62. The smallest absolute Gasteiger partial charge is 0.128 e. The first-order valence-electron chi connectivity index (χ1n) is 7.02. The highest BCUT2D eigenvalue weighted by Gasteiger charge is 2.34. The lowest BCUT2D eigenvalue weighted by Crippen LogP contribution is -2.42. The Bertz CT molecular complexity index is 431. The van der Waals surface area contributed by atoms with Crippen molar-refractivity contribution in [2.45, 2.75) is 46.3 Å². The maximum Gasteiger partial charge on any atom is 0.128 e. The fourth-order valence-electron chi connectivity index (χ4n) is 2.42. The van der Waals surface area contributed by atoms with Gasteiger partial charge in [0.15, 0.2) is 0 Å². The molecule has 0 aliphatic rings. The van der Waals surface area contributed by atoms with Gasteiger partial charge >= 0.3 is 0 Å². The molecule has 0 aliphatic carbocycles. The van der Waals surface area contributed by atoms with Gasteiger partial charge in [-0.15, -0.1) is 0 Å². The third kappa shape index (κ3) is 4.54. The first kappa shape index (κ1) is 17.6. The van der Waals surface area contributed by atoms with Crippen molar-refractivity contribution < 1.29 is 9.13 Å². The fourth-order valence-corrected chi connectivity index (χ4v) is 2.80. The lowest BCUT2D eigenvalue weighted by atomic mass is 9.81. The predicted molar refractivity (Wildman–Crippen MR) is 85.4 cm³/mol. The molecular weight excluding hydrogens is 321 g/mol. The minimum atomic E-state index is -0.201. The van der Waals surface area contributed by atoms with Crippen LogP contribution in [0.2, 0.25) is 0 Å². The normalized spacial score (nSPS) is 15.2. The van der Waals surface area contributed by atoms with Crippen molar-refractivity contribution in [3.05, 3.63) is 34.1 Å².